The smallest absolute Gasteiger partial charge is 0.211 e. The van der Waals surface area contributed by atoms with Crippen molar-refractivity contribution in [3.8, 4) is 0 Å². The molecule has 104 valence electrons. The van der Waals surface area contributed by atoms with Crippen molar-refractivity contribution < 1.29 is 8.42 Å². The van der Waals surface area contributed by atoms with E-state index < -0.39 is 10.0 Å². The highest BCUT2D eigenvalue weighted by Gasteiger charge is 2.24. The van der Waals surface area contributed by atoms with Crippen molar-refractivity contribution in [3.63, 3.8) is 0 Å². The van der Waals surface area contributed by atoms with Crippen LogP contribution in [0.4, 0.5) is 0 Å². The summed E-state index contributed by atoms with van der Waals surface area (Å²) >= 11 is 0. The fraction of sp³-hybridized carbons (Fsp3) is 0.727. The molecule has 1 heterocycles. The van der Waals surface area contributed by atoms with E-state index in [0.717, 1.165) is 12.8 Å². The van der Waals surface area contributed by atoms with Crippen LogP contribution in [0.3, 0.4) is 0 Å². The lowest BCUT2D eigenvalue weighted by Gasteiger charge is -2.29. The Morgan fingerprint density at radius 1 is 1.56 bits per heavy atom. The molecular weight excluding hydrogens is 252 g/mol. The molecular formula is C11H22N4O2S. The molecule has 0 radical (unpaired) electrons. The largest absolute Gasteiger partial charge is 0.370 e. The third-order valence-electron chi connectivity index (χ3n) is 2.99. The molecule has 0 aliphatic carbocycles. The molecule has 1 fully saturated rings. The standard InChI is InChI=1S/C11H22N4O2S/c1-3-6-13-11(12)14-9-10-4-7-15(8-5-10)18(2,16)17/h3,10H,1,4-9H2,2H3,(H3,12,13,14). The number of guanidine groups is 1. The van der Waals surface area contributed by atoms with Gasteiger partial charge in [-0.05, 0) is 18.8 Å². The van der Waals surface area contributed by atoms with Gasteiger partial charge >= 0.3 is 0 Å². The number of nitrogens with two attached hydrogens (primary N) is 1. The Balaban J connectivity index is 2.34. The second kappa shape index (κ2) is 6.75. The summed E-state index contributed by atoms with van der Waals surface area (Å²) < 4.78 is 24.2. The van der Waals surface area contributed by atoms with Gasteiger partial charge in [0.15, 0.2) is 5.96 Å². The van der Waals surface area contributed by atoms with E-state index in [1.807, 2.05) is 0 Å². The van der Waals surface area contributed by atoms with Crippen LogP contribution in [-0.2, 0) is 10.0 Å². The second-order valence-corrected chi connectivity index (χ2v) is 6.48. The molecule has 1 rings (SSSR count). The SMILES string of the molecule is C=CCNC(N)=NCC1CCN(S(C)(=O)=O)CC1. The minimum atomic E-state index is -3.04. The van der Waals surface area contributed by atoms with Crippen molar-refractivity contribution in [1.82, 2.24) is 9.62 Å². The lowest BCUT2D eigenvalue weighted by molar-refractivity contribution is 0.280. The van der Waals surface area contributed by atoms with Crippen molar-refractivity contribution in [2.45, 2.75) is 12.8 Å². The van der Waals surface area contributed by atoms with Crippen LogP contribution in [0.25, 0.3) is 0 Å². The number of aliphatic imine (C=N–C) groups is 1. The number of piperidine rings is 1. The fourth-order valence-electron chi connectivity index (χ4n) is 1.88. The molecule has 1 aliphatic rings. The summed E-state index contributed by atoms with van der Waals surface area (Å²) in [5.41, 5.74) is 5.66. The summed E-state index contributed by atoms with van der Waals surface area (Å²) in [6, 6.07) is 0. The van der Waals surface area contributed by atoms with Crippen LogP contribution < -0.4 is 11.1 Å². The quantitative estimate of drug-likeness (QED) is 0.411. The van der Waals surface area contributed by atoms with Gasteiger partial charge in [-0.3, -0.25) is 4.99 Å². The highest BCUT2D eigenvalue weighted by atomic mass is 32.2. The average molecular weight is 274 g/mol. The summed E-state index contributed by atoms with van der Waals surface area (Å²) in [6.07, 6.45) is 4.65. The first-order chi connectivity index (χ1) is 8.43. The summed E-state index contributed by atoms with van der Waals surface area (Å²) in [5, 5.41) is 2.91. The maximum atomic E-state index is 11.3. The van der Waals surface area contributed by atoms with E-state index in [-0.39, 0.29) is 0 Å². The molecule has 0 atom stereocenters. The molecule has 18 heavy (non-hydrogen) atoms. The summed E-state index contributed by atoms with van der Waals surface area (Å²) in [5.74, 6) is 0.826. The van der Waals surface area contributed by atoms with Gasteiger partial charge in [-0.25, -0.2) is 12.7 Å². The summed E-state index contributed by atoms with van der Waals surface area (Å²) in [6.45, 7) is 5.99. The Bertz CT molecular complexity index is 397. The number of hydrogen-bond donors (Lipinski definition) is 2. The lowest BCUT2D eigenvalue weighted by atomic mass is 9.98. The lowest BCUT2D eigenvalue weighted by Crippen LogP contribution is -2.39. The van der Waals surface area contributed by atoms with Crippen LogP contribution in [0.1, 0.15) is 12.8 Å². The molecule has 3 N–H and O–H groups in total. The average Bonchev–Trinajstić information content (AvgIpc) is 2.33. The van der Waals surface area contributed by atoms with Crippen LogP contribution >= 0.6 is 0 Å². The first-order valence-corrected chi connectivity index (χ1v) is 7.88. The van der Waals surface area contributed by atoms with Crippen molar-refractivity contribution in [2.75, 3.05) is 32.4 Å². The monoisotopic (exact) mass is 274 g/mol. The molecule has 0 amide bonds. The molecule has 0 bridgehead atoms. The number of nitrogens with zero attached hydrogens (tertiary/aromatic N) is 2. The van der Waals surface area contributed by atoms with Gasteiger partial charge in [-0.1, -0.05) is 6.08 Å². The van der Waals surface area contributed by atoms with Crippen LogP contribution in [-0.4, -0.2) is 51.1 Å². The van der Waals surface area contributed by atoms with Crippen molar-refractivity contribution in [1.29, 1.82) is 0 Å². The third kappa shape index (κ3) is 5.05. The third-order valence-corrected chi connectivity index (χ3v) is 4.29. The Labute approximate surface area is 109 Å². The maximum absolute atomic E-state index is 11.3. The van der Waals surface area contributed by atoms with E-state index in [4.69, 9.17) is 5.73 Å². The van der Waals surface area contributed by atoms with E-state index >= 15 is 0 Å². The Kier molecular flexibility index (Phi) is 5.61. The molecule has 7 heteroatoms. The predicted molar refractivity (Wildman–Crippen MR) is 73.8 cm³/mol. The number of sulfonamides is 1. The number of nitrogens with one attached hydrogen (secondary N) is 1. The van der Waals surface area contributed by atoms with E-state index in [9.17, 15) is 8.42 Å². The minimum absolute atomic E-state index is 0.409. The van der Waals surface area contributed by atoms with Gasteiger partial charge in [0.2, 0.25) is 10.0 Å². The molecule has 1 aliphatic heterocycles. The molecule has 0 unspecified atom stereocenters. The van der Waals surface area contributed by atoms with Gasteiger partial charge in [0.25, 0.3) is 0 Å². The molecule has 1 saturated heterocycles. The van der Waals surface area contributed by atoms with Gasteiger partial charge in [0.05, 0.1) is 6.26 Å². The zero-order valence-corrected chi connectivity index (χ0v) is 11.6. The van der Waals surface area contributed by atoms with Gasteiger partial charge in [0.1, 0.15) is 0 Å². The van der Waals surface area contributed by atoms with Crippen molar-refractivity contribution >= 4 is 16.0 Å². The van der Waals surface area contributed by atoms with Gasteiger partial charge < -0.3 is 11.1 Å². The molecule has 6 nitrogen and oxygen atoms in total. The normalized spacial score (nSPS) is 19.7. The number of hydrogen-bond acceptors (Lipinski definition) is 3. The summed E-state index contributed by atoms with van der Waals surface area (Å²) in [4.78, 5) is 4.24. The Morgan fingerprint density at radius 2 is 2.17 bits per heavy atom. The van der Waals surface area contributed by atoms with E-state index in [1.165, 1.54) is 10.6 Å². The van der Waals surface area contributed by atoms with E-state index in [1.54, 1.807) is 6.08 Å². The van der Waals surface area contributed by atoms with E-state index in [2.05, 4.69) is 16.9 Å². The summed E-state index contributed by atoms with van der Waals surface area (Å²) in [7, 11) is -3.04. The van der Waals surface area contributed by atoms with Crippen LogP contribution in [0, 0.1) is 5.92 Å². The topological polar surface area (TPSA) is 87.8 Å². The van der Waals surface area contributed by atoms with Crippen molar-refractivity contribution in [3.05, 3.63) is 12.7 Å². The van der Waals surface area contributed by atoms with Crippen LogP contribution in [0.15, 0.2) is 17.6 Å². The molecule has 0 spiro atoms. The second-order valence-electron chi connectivity index (χ2n) is 4.50. The molecule has 0 saturated carbocycles. The first kappa shape index (κ1) is 15.0. The molecule has 0 aromatic carbocycles. The minimum Gasteiger partial charge on any atom is -0.370 e. The van der Waals surface area contributed by atoms with Crippen LogP contribution in [0.5, 0.6) is 0 Å². The van der Waals surface area contributed by atoms with Gasteiger partial charge in [-0.2, -0.15) is 0 Å². The van der Waals surface area contributed by atoms with Gasteiger partial charge in [0, 0.05) is 26.2 Å². The zero-order chi connectivity index (χ0) is 13.6. The maximum Gasteiger partial charge on any atom is 0.211 e. The molecule has 0 aromatic rings. The highest BCUT2D eigenvalue weighted by molar-refractivity contribution is 7.88. The Hall–Kier alpha value is -1.08. The van der Waals surface area contributed by atoms with Crippen LogP contribution in [0.2, 0.25) is 0 Å². The highest BCUT2D eigenvalue weighted by Crippen LogP contribution is 2.19. The predicted octanol–water partition coefficient (Wildman–Crippen LogP) is -0.252. The molecule has 0 aromatic heterocycles. The van der Waals surface area contributed by atoms with Gasteiger partial charge in [-0.15, -0.1) is 6.58 Å². The fourth-order valence-corrected chi connectivity index (χ4v) is 2.76. The zero-order valence-electron chi connectivity index (χ0n) is 10.8. The number of rotatable bonds is 5. The first-order valence-electron chi connectivity index (χ1n) is 6.03. The van der Waals surface area contributed by atoms with Crippen molar-refractivity contribution in [2.24, 2.45) is 16.6 Å². The Morgan fingerprint density at radius 3 is 2.67 bits per heavy atom. The van der Waals surface area contributed by atoms with E-state index in [0.29, 0.717) is 38.1 Å².